The molecule has 0 spiro atoms. The summed E-state index contributed by atoms with van der Waals surface area (Å²) in [4.78, 5) is 4.72. The summed E-state index contributed by atoms with van der Waals surface area (Å²) in [5, 5.41) is 6.80. The molecule has 1 saturated heterocycles. The highest BCUT2D eigenvalue weighted by Crippen LogP contribution is 2.10. The molecule has 0 amide bonds. The van der Waals surface area contributed by atoms with E-state index in [0.717, 1.165) is 50.7 Å². The van der Waals surface area contributed by atoms with Gasteiger partial charge in [0, 0.05) is 26.1 Å². The zero-order valence-corrected chi connectivity index (χ0v) is 17.6. The van der Waals surface area contributed by atoms with Gasteiger partial charge in [0.25, 0.3) is 0 Å². The van der Waals surface area contributed by atoms with Gasteiger partial charge in [-0.1, -0.05) is 29.8 Å². The second-order valence-electron chi connectivity index (χ2n) is 6.43. The van der Waals surface area contributed by atoms with Gasteiger partial charge in [-0.15, -0.1) is 24.0 Å². The number of halogens is 1. The lowest BCUT2D eigenvalue weighted by Gasteiger charge is -2.15. The van der Waals surface area contributed by atoms with Crippen LogP contribution >= 0.6 is 24.0 Å². The van der Waals surface area contributed by atoms with E-state index < -0.39 is 0 Å². The van der Waals surface area contributed by atoms with Gasteiger partial charge in [0.2, 0.25) is 0 Å². The molecule has 1 unspecified atom stereocenters. The fraction of sp³-hybridized carbons (Fsp3) is 0.450. The highest BCUT2D eigenvalue weighted by Gasteiger charge is 2.15. The molecular weight excluding hydrogens is 441 g/mol. The second kappa shape index (κ2) is 11.2. The van der Waals surface area contributed by atoms with E-state index in [4.69, 9.17) is 14.1 Å². The Kier molecular flexibility index (Phi) is 8.97. The molecule has 0 saturated carbocycles. The molecule has 1 atom stereocenters. The summed E-state index contributed by atoms with van der Waals surface area (Å²) in [6.07, 6.45) is 5.09. The molecule has 6 heteroatoms. The summed E-state index contributed by atoms with van der Waals surface area (Å²) < 4.78 is 11.1. The van der Waals surface area contributed by atoms with Crippen LogP contribution in [0.4, 0.5) is 0 Å². The van der Waals surface area contributed by atoms with Gasteiger partial charge >= 0.3 is 0 Å². The molecule has 1 fully saturated rings. The quantitative estimate of drug-likeness (QED) is 0.369. The van der Waals surface area contributed by atoms with Gasteiger partial charge < -0.3 is 19.8 Å². The molecule has 1 aliphatic heterocycles. The molecule has 1 aliphatic rings. The van der Waals surface area contributed by atoms with Gasteiger partial charge in [0.1, 0.15) is 5.76 Å². The van der Waals surface area contributed by atoms with Gasteiger partial charge in [-0.25, -0.2) is 4.99 Å². The highest BCUT2D eigenvalue weighted by molar-refractivity contribution is 14.0. The molecule has 0 radical (unpaired) electrons. The van der Waals surface area contributed by atoms with E-state index in [1.165, 1.54) is 11.1 Å². The van der Waals surface area contributed by atoms with Gasteiger partial charge in [0.15, 0.2) is 5.96 Å². The molecule has 142 valence electrons. The van der Waals surface area contributed by atoms with E-state index >= 15 is 0 Å². The smallest absolute Gasteiger partial charge is 0.191 e. The third kappa shape index (κ3) is 6.99. The zero-order valence-electron chi connectivity index (χ0n) is 15.2. The van der Waals surface area contributed by atoms with Crippen LogP contribution in [0, 0.1) is 6.92 Å². The van der Waals surface area contributed by atoms with E-state index in [9.17, 15) is 0 Å². The number of furan rings is 1. The number of ether oxygens (including phenoxy) is 1. The average molecular weight is 469 g/mol. The van der Waals surface area contributed by atoms with Crippen molar-refractivity contribution in [3.8, 4) is 0 Å². The first-order valence-electron chi connectivity index (χ1n) is 9.01. The van der Waals surface area contributed by atoms with Gasteiger partial charge in [-0.2, -0.15) is 0 Å². The number of guanidine groups is 1. The maximum atomic E-state index is 5.68. The Hall–Kier alpha value is -1.54. The van der Waals surface area contributed by atoms with Crippen LogP contribution in [0.1, 0.15) is 29.7 Å². The van der Waals surface area contributed by atoms with Crippen molar-refractivity contribution in [1.29, 1.82) is 0 Å². The third-order valence-electron chi connectivity index (χ3n) is 4.27. The van der Waals surface area contributed by atoms with Gasteiger partial charge in [0.05, 0.1) is 18.9 Å². The monoisotopic (exact) mass is 469 g/mol. The number of nitrogens with one attached hydrogen (secondary N) is 2. The number of nitrogens with zero attached hydrogens (tertiary/aromatic N) is 1. The van der Waals surface area contributed by atoms with E-state index in [0.29, 0.717) is 6.54 Å². The van der Waals surface area contributed by atoms with Crippen molar-refractivity contribution in [2.75, 3.05) is 19.7 Å². The number of benzene rings is 1. The number of aliphatic imine (C=N–C) groups is 1. The first-order chi connectivity index (χ1) is 12.3. The van der Waals surface area contributed by atoms with E-state index in [2.05, 4.69) is 41.8 Å². The maximum Gasteiger partial charge on any atom is 0.191 e. The lowest BCUT2D eigenvalue weighted by molar-refractivity contribution is 0.114. The van der Waals surface area contributed by atoms with Crippen LogP contribution in [0.3, 0.4) is 0 Å². The van der Waals surface area contributed by atoms with Crippen molar-refractivity contribution in [2.24, 2.45) is 4.99 Å². The molecule has 0 aliphatic carbocycles. The van der Waals surface area contributed by atoms with Crippen LogP contribution in [0.25, 0.3) is 0 Å². The molecule has 0 bridgehead atoms. The van der Waals surface area contributed by atoms with E-state index in [-0.39, 0.29) is 30.1 Å². The number of hydrogen-bond acceptors (Lipinski definition) is 3. The van der Waals surface area contributed by atoms with Crippen LogP contribution in [0.2, 0.25) is 0 Å². The molecule has 26 heavy (non-hydrogen) atoms. The first kappa shape index (κ1) is 20.8. The van der Waals surface area contributed by atoms with Crippen LogP contribution in [-0.4, -0.2) is 31.8 Å². The Morgan fingerprint density at radius 1 is 1.23 bits per heavy atom. The Morgan fingerprint density at radius 3 is 2.88 bits per heavy atom. The fourth-order valence-corrected chi connectivity index (χ4v) is 2.93. The maximum absolute atomic E-state index is 5.68. The minimum absolute atomic E-state index is 0. The summed E-state index contributed by atoms with van der Waals surface area (Å²) >= 11 is 0. The molecule has 2 N–H and O–H groups in total. The van der Waals surface area contributed by atoms with E-state index in [1.807, 2.05) is 12.1 Å². The molecular formula is C20H28IN3O2. The predicted molar refractivity (Wildman–Crippen MR) is 115 cm³/mol. The Morgan fingerprint density at radius 2 is 2.15 bits per heavy atom. The molecule has 3 rings (SSSR count). The van der Waals surface area contributed by atoms with Crippen molar-refractivity contribution in [3.63, 3.8) is 0 Å². The molecule has 1 aromatic carbocycles. The molecule has 2 aromatic rings. The van der Waals surface area contributed by atoms with Gasteiger partial charge in [-0.05, 0) is 37.5 Å². The standard InChI is InChI=1S/C20H27N3O2.HI/c1-16-5-2-6-17(13-16)14-22-20(23-15-19-8-4-12-25-19)21-10-9-18-7-3-11-24-18;/h2-3,5-7,11,13,19H,4,8-10,12,14-15H2,1H3,(H2,21,22,23);1H. The zero-order chi connectivity index (χ0) is 17.3. The average Bonchev–Trinajstić information content (AvgIpc) is 3.30. The lowest BCUT2D eigenvalue weighted by Crippen LogP contribution is -2.41. The topological polar surface area (TPSA) is 58.8 Å². The minimum Gasteiger partial charge on any atom is -0.469 e. The van der Waals surface area contributed by atoms with Crippen LogP contribution in [0.5, 0.6) is 0 Å². The molecule has 1 aromatic heterocycles. The van der Waals surface area contributed by atoms with Crippen molar-refractivity contribution >= 4 is 29.9 Å². The van der Waals surface area contributed by atoms with Crippen LogP contribution in [0.15, 0.2) is 52.1 Å². The third-order valence-corrected chi connectivity index (χ3v) is 4.27. The minimum atomic E-state index is 0. The summed E-state index contributed by atoms with van der Waals surface area (Å²) in [7, 11) is 0. The van der Waals surface area contributed by atoms with Crippen molar-refractivity contribution < 1.29 is 9.15 Å². The molecule has 2 heterocycles. The molecule has 5 nitrogen and oxygen atoms in total. The number of rotatable bonds is 7. The number of hydrogen-bond donors (Lipinski definition) is 2. The Bertz CT molecular complexity index is 667. The summed E-state index contributed by atoms with van der Waals surface area (Å²) in [6.45, 7) is 5.20. The summed E-state index contributed by atoms with van der Waals surface area (Å²) in [5.41, 5.74) is 2.47. The normalized spacial score (nSPS) is 17.0. The second-order valence-corrected chi connectivity index (χ2v) is 6.43. The van der Waals surface area contributed by atoms with Crippen LogP contribution < -0.4 is 10.6 Å². The SMILES string of the molecule is Cc1cccc(CN=C(NCCc2ccco2)NCC2CCCO2)c1.I. The predicted octanol–water partition coefficient (Wildman–Crippen LogP) is 3.66. The summed E-state index contributed by atoms with van der Waals surface area (Å²) in [5.74, 6) is 1.80. The van der Waals surface area contributed by atoms with Crippen molar-refractivity contribution in [3.05, 3.63) is 59.5 Å². The Labute approximate surface area is 172 Å². The van der Waals surface area contributed by atoms with Gasteiger partial charge in [-0.3, -0.25) is 0 Å². The van der Waals surface area contributed by atoms with Crippen molar-refractivity contribution in [1.82, 2.24) is 10.6 Å². The first-order valence-corrected chi connectivity index (χ1v) is 9.01. The number of aryl methyl sites for hydroxylation is 1. The lowest BCUT2D eigenvalue weighted by atomic mass is 10.1. The van der Waals surface area contributed by atoms with Crippen LogP contribution in [-0.2, 0) is 17.7 Å². The van der Waals surface area contributed by atoms with E-state index in [1.54, 1.807) is 6.26 Å². The van der Waals surface area contributed by atoms with Crippen molar-refractivity contribution in [2.45, 2.75) is 38.8 Å². The Balaban J connectivity index is 0.00000243. The summed E-state index contributed by atoms with van der Waals surface area (Å²) in [6, 6.07) is 12.4. The largest absolute Gasteiger partial charge is 0.469 e. The fourth-order valence-electron chi connectivity index (χ4n) is 2.93. The highest BCUT2D eigenvalue weighted by atomic mass is 127.